The molecule has 268 valence electrons. The quantitative estimate of drug-likeness (QED) is 0.155. The monoisotopic (exact) mass is 731 g/mol. The van der Waals surface area contributed by atoms with Gasteiger partial charge in [-0.25, -0.2) is 15.0 Å². The summed E-state index contributed by atoms with van der Waals surface area (Å²) in [6.45, 7) is 0. The lowest BCUT2D eigenvalue weighted by Gasteiger charge is -2.33. The number of ether oxygens (including phenoxy) is 1. The van der Waals surface area contributed by atoms with Crippen molar-refractivity contribution in [3.8, 4) is 56.8 Å². The Hall–Kier alpha value is -8.01. The van der Waals surface area contributed by atoms with Crippen LogP contribution in [0.25, 0.3) is 45.3 Å². The third kappa shape index (κ3) is 6.60. The molecule has 57 heavy (non-hydrogen) atoms. The number of benzene rings is 7. The Kier molecular flexibility index (Phi) is 8.63. The first kappa shape index (κ1) is 33.6. The van der Waals surface area contributed by atoms with Crippen LogP contribution < -0.4 is 14.5 Å². The fourth-order valence-corrected chi connectivity index (χ4v) is 7.21. The summed E-state index contributed by atoms with van der Waals surface area (Å²) in [7, 11) is 0. The van der Waals surface area contributed by atoms with E-state index < -0.39 is 0 Å². The van der Waals surface area contributed by atoms with E-state index in [4.69, 9.17) is 19.7 Å². The summed E-state index contributed by atoms with van der Waals surface area (Å²) in [6.07, 6.45) is 0. The van der Waals surface area contributed by atoms with Gasteiger partial charge in [-0.2, -0.15) is 0 Å². The minimum Gasteiger partial charge on any atom is -0.453 e. The molecular weight excluding hydrogens is 699 g/mol. The molecule has 0 N–H and O–H groups in total. The summed E-state index contributed by atoms with van der Waals surface area (Å²) in [6, 6.07) is 74.3. The first-order valence-corrected chi connectivity index (χ1v) is 18.8. The highest BCUT2D eigenvalue weighted by Crippen LogP contribution is 2.52. The summed E-state index contributed by atoms with van der Waals surface area (Å²) in [5.74, 6) is 3.11. The number of fused-ring (bicyclic) bond motifs is 2. The zero-order valence-corrected chi connectivity index (χ0v) is 30.7. The predicted molar refractivity (Wildman–Crippen MR) is 229 cm³/mol. The molecule has 0 unspecified atom stereocenters. The van der Waals surface area contributed by atoms with Crippen molar-refractivity contribution in [2.24, 2.45) is 0 Å². The van der Waals surface area contributed by atoms with Crippen molar-refractivity contribution in [1.29, 1.82) is 0 Å². The van der Waals surface area contributed by atoms with Gasteiger partial charge < -0.3 is 9.64 Å². The third-order valence-electron chi connectivity index (χ3n) is 9.94. The van der Waals surface area contributed by atoms with E-state index in [0.29, 0.717) is 29.0 Å². The van der Waals surface area contributed by atoms with Crippen LogP contribution in [0, 0.1) is 12.1 Å². The van der Waals surface area contributed by atoms with E-state index >= 15 is 0 Å². The van der Waals surface area contributed by atoms with Gasteiger partial charge in [0, 0.05) is 39.8 Å². The molecule has 2 heterocycles. The zero-order chi connectivity index (χ0) is 38.0. The second-order valence-corrected chi connectivity index (χ2v) is 13.6. The molecule has 1 aliphatic rings. The molecule has 0 saturated carbocycles. The topological polar surface area (TPSA) is 54.4 Å². The fourth-order valence-electron chi connectivity index (χ4n) is 7.21. The summed E-state index contributed by atoms with van der Waals surface area (Å²) in [5, 5.41) is 0. The van der Waals surface area contributed by atoms with E-state index in [1.54, 1.807) is 0 Å². The molecule has 8 aromatic carbocycles. The highest BCUT2D eigenvalue weighted by molar-refractivity contribution is 5.90. The van der Waals surface area contributed by atoms with Crippen molar-refractivity contribution in [2.45, 2.75) is 0 Å². The molecule has 0 atom stereocenters. The molecule has 0 saturated heterocycles. The van der Waals surface area contributed by atoms with Crippen molar-refractivity contribution in [3.05, 3.63) is 212 Å². The maximum Gasteiger partial charge on any atom is 0.164 e. The SMILES string of the molecule is c1cccc(N2c3ccc(-c4nc(-c5ccccc5)nc(-c5ccccc5)n4)cc3Oc3cc(N(c4ccccc4)c4ccc(-c5ccccc5)cc4)ccc32)c#1. The number of anilines is 6. The molecule has 0 radical (unpaired) electrons. The Labute approximate surface area is 331 Å². The van der Waals surface area contributed by atoms with Crippen LogP contribution in [0.15, 0.2) is 200 Å². The Morgan fingerprint density at radius 3 is 1.47 bits per heavy atom. The second kappa shape index (κ2) is 14.7. The van der Waals surface area contributed by atoms with Crippen molar-refractivity contribution < 1.29 is 4.74 Å². The summed E-state index contributed by atoms with van der Waals surface area (Å²) >= 11 is 0. The van der Waals surface area contributed by atoms with E-state index in [-0.39, 0.29) is 0 Å². The van der Waals surface area contributed by atoms with Gasteiger partial charge in [0.1, 0.15) is 0 Å². The van der Waals surface area contributed by atoms with Crippen LogP contribution in [0.5, 0.6) is 11.5 Å². The first-order chi connectivity index (χ1) is 28.2. The standard InChI is InChI=1S/C51H33N5O/c1-6-16-36(17-7-1)37-26-29-43(30-27-37)55(41-22-12-4-13-23-41)44-31-33-46-48(35-44)57-47-34-40(28-32-45(47)56(46)42-24-14-5-15-25-42)51-53-49(38-18-8-2-9-19-38)52-50(54-51)39-20-10-3-11-21-39/h1-14,16-24,26-35H. The minimum absolute atomic E-state index is 0.550. The first-order valence-electron chi connectivity index (χ1n) is 18.8. The minimum atomic E-state index is 0.550. The van der Waals surface area contributed by atoms with Crippen LogP contribution in [0.2, 0.25) is 0 Å². The summed E-state index contributed by atoms with van der Waals surface area (Å²) in [5.41, 5.74) is 10.6. The predicted octanol–water partition coefficient (Wildman–Crippen LogP) is 13.2. The number of aromatic nitrogens is 3. The van der Waals surface area contributed by atoms with Gasteiger partial charge in [0.25, 0.3) is 0 Å². The third-order valence-corrected chi connectivity index (χ3v) is 9.94. The van der Waals surface area contributed by atoms with Crippen molar-refractivity contribution in [2.75, 3.05) is 9.80 Å². The fraction of sp³-hybridized carbons (Fsp3) is 0. The van der Waals surface area contributed by atoms with Gasteiger partial charge in [0.2, 0.25) is 0 Å². The number of rotatable bonds is 8. The second-order valence-electron chi connectivity index (χ2n) is 13.6. The average Bonchev–Trinajstić information content (AvgIpc) is 3.29. The van der Waals surface area contributed by atoms with Gasteiger partial charge in [-0.3, -0.25) is 4.90 Å². The van der Waals surface area contributed by atoms with Gasteiger partial charge in [0.05, 0.1) is 17.1 Å². The Balaban J connectivity index is 1.09. The molecule has 0 amide bonds. The summed E-state index contributed by atoms with van der Waals surface area (Å²) in [4.78, 5) is 19.3. The normalized spacial score (nSPS) is 11.5. The van der Waals surface area contributed by atoms with Crippen LogP contribution >= 0.6 is 0 Å². The van der Waals surface area contributed by atoms with Gasteiger partial charge in [-0.15, -0.1) is 0 Å². The number of hydrogen-bond acceptors (Lipinski definition) is 6. The molecule has 1 aromatic heterocycles. The molecule has 0 fully saturated rings. The van der Waals surface area contributed by atoms with Gasteiger partial charge >= 0.3 is 0 Å². The molecule has 0 aliphatic carbocycles. The Morgan fingerprint density at radius 1 is 0.404 bits per heavy atom. The van der Waals surface area contributed by atoms with Gasteiger partial charge in [-0.05, 0) is 83.9 Å². The number of para-hydroxylation sites is 1. The maximum absolute atomic E-state index is 6.90. The lowest BCUT2D eigenvalue weighted by molar-refractivity contribution is 0.477. The number of hydrogen-bond donors (Lipinski definition) is 0. The van der Waals surface area contributed by atoms with Crippen LogP contribution in [-0.2, 0) is 0 Å². The molecule has 9 aromatic rings. The van der Waals surface area contributed by atoms with Crippen molar-refractivity contribution in [3.63, 3.8) is 0 Å². The average molecular weight is 732 g/mol. The molecule has 6 heteroatoms. The van der Waals surface area contributed by atoms with Crippen LogP contribution in [0.4, 0.5) is 34.1 Å². The van der Waals surface area contributed by atoms with Gasteiger partial charge in [-0.1, -0.05) is 133 Å². The highest BCUT2D eigenvalue weighted by atomic mass is 16.5. The molecule has 0 bridgehead atoms. The van der Waals surface area contributed by atoms with E-state index in [0.717, 1.165) is 56.4 Å². The van der Waals surface area contributed by atoms with Crippen molar-refractivity contribution >= 4 is 34.1 Å². The Bertz CT molecular complexity index is 2740. The van der Waals surface area contributed by atoms with E-state index in [1.807, 2.05) is 103 Å². The molecule has 0 spiro atoms. The van der Waals surface area contributed by atoms with E-state index in [9.17, 15) is 0 Å². The van der Waals surface area contributed by atoms with Crippen LogP contribution in [-0.4, -0.2) is 15.0 Å². The van der Waals surface area contributed by atoms with E-state index in [1.165, 1.54) is 5.56 Å². The lowest BCUT2D eigenvalue weighted by atomic mass is 10.0. The largest absolute Gasteiger partial charge is 0.453 e. The summed E-state index contributed by atoms with van der Waals surface area (Å²) < 4.78 is 6.90. The van der Waals surface area contributed by atoms with E-state index in [2.05, 4.69) is 119 Å². The Morgan fingerprint density at radius 2 is 0.877 bits per heavy atom. The van der Waals surface area contributed by atoms with Crippen LogP contribution in [0.3, 0.4) is 0 Å². The molecule has 6 nitrogen and oxygen atoms in total. The maximum atomic E-state index is 6.90. The smallest absolute Gasteiger partial charge is 0.164 e. The number of nitrogens with zero attached hydrogens (tertiary/aromatic N) is 5. The van der Waals surface area contributed by atoms with Crippen LogP contribution in [0.1, 0.15) is 0 Å². The molecule has 10 rings (SSSR count). The molecular formula is C51H33N5O. The zero-order valence-electron chi connectivity index (χ0n) is 30.7. The highest BCUT2D eigenvalue weighted by Gasteiger charge is 2.28. The molecule has 1 aliphatic heterocycles. The van der Waals surface area contributed by atoms with Crippen molar-refractivity contribution in [1.82, 2.24) is 15.0 Å². The van der Waals surface area contributed by atoms with Gasteiger partial charge in [0.15, 0.2) is 29.0 Å². The lowest BCUT2D eigenvalue weighted by Crippen LogP contribution is -2.17.